The maximum absolute atomic E-state index is 12.9. The van der Waals surface area contributed by atoms with E-state index in [1.165, 1.54) is 0 Å². The van der Waals surface area contributed by atoms with Crippen molar-refractivity contribution in [3.63, 3.8) is 0 Å². The maximum atomic E-state index is 12.9. The number of rotatable bonds is 5. The van der Waals surface area contributed by atoms with Crippen LogP contribution in [0.4, 0.5) is 4.79 Å². The van der Waals surface area contributed by atoms with E-state index in [9.17, 15) is 14.4 Å². The second kappa shape index (κ2) is 8.15. The highest BCUT2D eigenvalue weighted by Gasteiger charge is 2.37. The number of nitrogens with zero attached hydrogens (tertiary/aromatic N) is 2. The Morgan fingerprint density at radius 2 is 2.00 bits per heavy atom. The van der Waals surface area contributed by atoms with Gasteiger partial charge in [-0.25, -0.2) is 4.79 Å². The van der Waals surface area contributed by atoms with Crippen molar-refractivity contribution in [1.82, 2.24) is 20.1 Å². The normalized spacial score (nSPS) is 22.1. The molecule has 3 heterocycles. The van der Waals surface area contributed by atoms with E-state index >= 15 is 0 Å². The van der Waals surface area contributed by atoms with E-state index in [1.54, 1.807) is 12.1 Å². The lowest BCUT2D eigenvalue weighted by Crippen LogP contribution is -2.57. The minimum atomic E-state index is -0.541. The smallest absolute Gasteiger partial charge is 0.318 e. The monoisotopic (exact) mass is 374 g/mol. The van der Waals surface area contributed by atoms with Gasteiger partial charge in [-0.2, -0.15) is 0 Å². The summed E-state index contributed by atoms with van der Waals surface area (Å²) in [7, 11) is 0. The highest BCUT2D eigenvalue weighted by Crippen LogP contribution is 2.34. The predicted molar refractivity (Wildman–Crippen MR) is 104 cm³/mol. The van der Waals surface area contributed by atoms with Gasteiger partial charge >= 0.3 is 6.03 Å². The fourth-order valence-electron chi connectivity index (χ4n) is 4.18. The van der Waals surface area contributed by atoms with Gasteiger partial charge in [0.2, 0.25) is 5.91 Å². The topological polar surface area (TPSA) is 83.4 Å². The van der Waals surface area contributed by atoms with Gasteiger partial charge in [0.25, 0.3) is 5.56 Å². The molecule has 3 atom stereocenters. The van der Waals surface area contributed by atoms with E-state index in [0.717, 1.165) is 18.5 Å². The van der Waals surface area contributed by atoms with Crippen molar-refractivity contribution in [2.75, 3.05) is 19.6 Å². The Morgan fingerprint density at radius 3 is 2.70 bits per heavy atom. The van der Waals surface area contributed by atoms with Gasteiger partial charge in [0.1, 0.15) is 6.04 Å². The van der Waals surface area contributed by atoms with Gasteiger partial charge in [-0.3, -0.25) is 9.59 Å². The standard InChI is InChI=1S/C20H30N4O3/c1-4-8-21-19(26)18(13(2)3)22-20(27)23-10-14-9-15(12-23)16-6-5-7-17(25)24(16)11-14/h5-7,13-15,18H,4,8-12H2,1-3H3,(H,21,26)(H,22,27). The van der Waals surface area contributed by atoms with Crippen molar-refractivity contribution >= 4 is 11.9 Å². The van der Waals surface area contributed by atoms with E-state index in [0.29, 0.717) is 26.2 Å². The molecule has 0 spiro atoms. The molecule has 0 aromatic carbocycles. The van der Waals surface area contributed by atoms with Gasteiger partial charge in [-0.15, -0.1) is 0 Å². The van der Waals surface area contributed by atoms with Crippen LogP contribution in [0.25, 0.3) is 0 Å². The molecule has 1 fully saturated rings. The number of aromatic nitrogens is 1. The third-order valence-corrected chi connectivity index (χ3v) is 5.54. The molecule has 3 amide bonds. The Labute approximate surface area is 160 Å². The van der Waals surface area contributed by atoms with Crippen LogP contribution in [-0.2, 0) is 11.3 Å². The molecule has 3 rings (SSSR count). The Balaban J connectivity index is 1.70. The van der Waals surface area contributed by atoms with Crippen LogP contribution in [0.15, 0.2) is 23.0 Å². The molecule has 7 heteroatoms. The van der Waals surface area contributed by atoms with E-state index in [2.05, 4.69) is 10.6 Å². The van der Waals surface area contributed by atoms with Gasteiger partial charge < -0.3 is 20.1 Å². The molecule has 2 aliphatic rings. The van der Waals surface area contributed by atoms with E-state index in [4.69, 9.17) is 0 Å². The zero-order valence-electron chi connectivity index (χ0n) is 16.4. The molecule has 1 aromatic heterocycles. The molecule has 7 nitrogen and oxygen atoms in total. The number of fused-ring (bicyclic) bond motifs is 4. The third-order valence-electron chi connectivity index (χ3n) is 5.54. The molecule has 27 heavy (non-hydrogen) atoms. The summed E-state index contributed by atoms with van der Waals surface area (Å²) in [6, 6.07) is 4.64. The van der Waals surface area contributed by atoms with Crippen molar-refractivity contribution in [3.8, 4) is 0 Å². The fraction of sp³-hybridized carbons (Fsp3) is 0.650. The Morgan fingerprint density at radius 1 is 1.22 bits per heavy atom. The third kappa shape index (κ3) is 4.17. The Hall–Kier alpha value is -2.31. The van der Waals surface area contributed by atoms with Gasteiger partial charge in [0.15, 0.2) is 0 Å². The van der Waals surface area contributed by atoms with Crippen LogP contribution in [0.1, 0.15) is 45.2 Å². The summed E-state index contributed by atoms with van der Waals surface area (Å²) in [4.78, 5) is 39.2. The van der Waals surface area contributed by atoms with Crippen molar-refractivity contribution in [1.29, 1.82) is 0 Å². The summed E-state index contributed by atoms with van der Waals surface area (Å²) < 4.78 is 1.85. The number of nitrogens with one attached hydrogen (secondary N) is 2. The summed E-state index contributed by atoms with van der Waals surface area (Å²) in [6.45, 7) is 8.32. The molecule has 0 radical (unpaired) electrons. The molecule has 148 valence electrons. The van der Waals surface area contributed by atoms with Crippen LogP contribution in [0.5, 0.6) is 0 Å². The molecule has 1 aromatic rings. The number of hydrogen-bond donors (Lipinski definition) is 2. The highest BCUT2D eigenvalue weighted by atomic mass is 16.2. The van der Waals surface area contributed by atoms with Crippen LogP contribution in [0, 0.1) is 11.8 Å². The molecule has 2 bridgehead atoms. The molecule has 3 unspecified atom stereocenters. The van der Waals surface area contributed by atoms with E-state index in [-0.39, 0.29) is 35.3 Å². The molecule has 1 saturated heterocycles. The molecule has 2 aliphatic heterocycles. The Bertz CT molecular complexity index is 758. The second-order valence-electron chi connectivity index (χ2n) is 8.07. The van der Waals surface area contributed by atoms with Crippen LogP contribution in [0.3, 0.4) is 0 Å². The van der Waals surface area contributed by atoms with Crippen LogP contribution >= 0.6 is 0 Å². The molecular weight excluding hydrogens is 344 g/mol. The van der Waals surface area contributed by atoms with E-state index in [1.807, 2.05) is 36.3 Å². The van der Waals surface area contributed by atoms with Crippen LogP contribution < -0.4 is 16.2 Å². The lowest BCUT2D eigenvalue weighted by Gasteiger charge is -2.43. The van der Waals surface area contributed by atoms with Gasteiger partial charge in [0.05, 0.1) is 0 Å². The number of hydrogen-bond acceptors (Lipinski definition) is 3. The lowest BCUT2D eigenvalue weighted by molar-refractivity contribution is -0.123. The number of likely N-dealkylation sites (tertiary alicyclic amines) is 1. The predicted octanol–water partition coefficient (Wildman–Crippen LogP) is 1.53. The fourth-order valence-corrected chi connectivity index (χ4v) is 4.18. The number of urea groups is 1. The van der Waals surface area contributed by atoms with Crippen LogP contribution in [0.2, 0.25) is 0 Å². The van der Waals surface area contributed by atoms with Crippen molar-refractivity contribution in [2.24, 2.45) is 11.8 Å². The average Bonchev–Trinajstić information content (AvgIpc) is 2.64. The molecule has 0 saturated carbocycles. The first-order chi connectivity index (χ1) is 12.9. The number of carbonyl (C=O) groups is 2. The van der Waals surface area contributed by atoms with Gasteiger partial charge in [-0.05, 0) is 30.7 Å². The zero-order chi connectivity index (χ0) is 19.6. The highest BCUT2D eigenvalue weighted by molar-refractivity contribution is 5.87. The number of carbonyl (C=O) groups excluding carboxylic acids is 2. The summed E-state index contributed by atoms with van der Waals surface area (Å²) in [5, 5.41) is 5.80. The molecule has 0 aliphatic carbocycles. The summed E-state index contributed by atoms with van der Waals surface area (Å²) in [5.74, 6) is 0.320. The Kier molecular flexibility index (Phi) is 5.87. The van der Waals surface area contributed by atoms with Gasteiger partial charge in [-0.1, -0.05) is 26.8 Å². The quantitative estimate of drug-likeness (QED) is 0.820. The molecular formula is C20H30N4O3. The van der Waals surface area contributed by atoms with Crippen molar-refractivity contribution in [2.45, 2.75) is 52.1 Å². The first-order valence-corrected chi connectivity index (χ1v) is 9.93. The number of piperidine rings is 1. The minimum absolute atomic E-state index is 0.00870. The van der Waals surface area contributed by atoms with Crippen molar-refractivity contribution in [3.05, 3.63) is 34.2 Å². The van der Waals surface area contributed by atoms with Crippen molar-refractivity contribution < 1.29 is 9.59 Å². The summed E-state index contributed by atoms with van der Waals surface area (Å²) in [6.07, 6.45) is 1.86. The van der Waals surface area contributed by atoms with Crippen LogP contribution in [-0.4, -0.2) is 47.1 Å². The summed E-state index contributed by atoms with van der Waals surface area (Å²) in [5.41, 5.74) is 1.05. The minimum Gasteiger partial charge on any atom is -0.354 e. The largest absolute Gasteiger partial charge is 0.354 e. The first-order valence-electron chi connectivity index (χ1n) is 9.93. The lowest BCUT2D eigenvalue weighted by atomic mass is 9.83. The SMILES string of the molecule is CCCNC(=O)C(NC(=O)N1CC2CC(C1)c1cccc(=O)n1C2)C(C)C. The average molecular weight is 374 g/mol. The first kappa shape index (κ1) is 19.5. The van der Waals surface area contributed by atoms with Gasteiger partial charge in [0, 0.05) is 43.9 Å². The number of amides is 3. The maximum Gasteiger partial charge on any atom is 0.318 e. The summed E-state index contributed by atoms with van der Waals surface area (Å²) >= 11 is 0. The second-order valence-corrected chi connectivity index (χ2v) is 8.07. The van der Waals surface area contributed by atoms with E-state index < -0.39 is 6.04 Å². The zero-order valence-corrected chi connectivity index (χ0v) is 16.4. The molecule has 2 N–H and O–H groups in total. The number of pyridine rings is 1.